The fourth-order valence-electron chi connectivity index (χ4n) is 0.654. The monoisotopic (exact) mass is 177 g/mol. The van der Waals surface area contributed by atoms with Crippen LogP contribution in [0.15, 0.2) is 0 Å². The molecule has 0 spiro atoms. The number of rotatable bonds is 5. The predicted octanol–water partition coefficient (Wildman–Crippen LogP) is -1.18. The van der Waals surface area contributed by atoms with Crippen molar-refractivity contribution in [2.75, 3.05) is 27.4 Å². The van der Waals surface area contributed by atoms with Gasteiger partial charge in [-0.1, -0.05) is 0 Å². The van der Waals surface area contributed by atoms with Crippen LogP contribution in [0.5, 0.6) is 0 Å². The molecule has 0 fully saturated rings. The lowest BCUT2D eigenvalue weighted by Crippen LogP contribution is -2.44. The Hall–Kier alpha value is -0.850. The van der Waals surface area contributed by atoms with Crippen LogP contribution in [0.3, 0.4) is 0 Å². The van der Waals surface area contributed by atoms with E-state index in [1.165, 1.54) is 0 Å². The van der Waals surface area contributed by atoms with Crippen LogP contribution in [0.25, 0.3) is 0 Å². The van der Waals surface area contributed by atoms with Crippen LogP contribution in [0, 0.1) is 0 Å². The number of hydrazine groups is 1. The van der Waals surface area contributed by atoms with Crippen LogP contribution in [0.2, 0.25) is 0 Å². The number of hydrogen-bond acceptors (Lipinski definition) is 4. The van der Waals surface area contributed by atoms with Crippen molar-refractivity contribution in [3.05, 3.63) is 0 Å². The van der Waals surface area contributed by atoms with Crippen molar-refractivity contribution in [3.63, 3.8) is 0 Å². The normalized spacial score (nSPS) is 12.2. The molecule has 0 aromatic heterocycles. The maximum Gasteiger partial charge on any atom is 0.328 e. The van der Waals surface area contributed by atoms with Gasteiger partial charge in [0.2, 0.25) is 0 Å². The van der Waals surface area contributed by atoms with Crippen LogP contribution in [-0.4, -0.2) is 39.5 Å². The third-order valence-electron chi connectivity index (χ3n) is 1.31. The van der Waals surface area contributed by atoms with E-state index in [1.807, 2.05) is 5.43 Å². The zero-order valence-electron chi connectivity index (χ0n) is 7.29. The highest BCUT2D eigenvalue weighted by Gasteiger charge is 2.07. The van der Waals surface area contributed by atoms with Gasteiger partial charge in [-0.25, -0.2) is 10.6 Å². The number of nitrogens with two attached hydrogens (primary N) is 1. The van der Waals surface area contributed by atoms with Crippen molar-refractivity contribution in [1.29, 1.82) is 0 Å². The lowest BCUT2D eigenvalue weighted by Gasteiger charge is -2.14. The maximum atomic E-state index is 10.6. The minimum absolute atomic E-state index is 0.146. The molecule has 0 aliphatic carbocycles. The first-order valence-corrected chi connectivity index (χ1v) is 3.50. The Balaban J connectivity index is 3.50. The summed E-state index contributed by atoms with van der Waals surface area (Å²) in [6.45, 7) is 0.800. The lowest BCUT2D eigenvalue weighted by molar-refractivity contribution is 0.0304. The van der Waals surface area contributed by atoms with Gasteiger partial charge >= 0.3 is 6.03 Å². The van der Waals surface area contributed by atoms with E-state index in [2.05, 4.69) is 5.32 Å². The molecule has 0 aromatic carbocycles. The quantitative estimate of drug-likeness (QED) is 0.280. The Morgan fingerprint density at radius 1 is 1.58 bits per heavy atom. The van der Waals surface area contributed by atoms with Gasteiger partial charge in [0, 0.05) is 20.8 Å². The summed E-state index contributed by atoms with van der Waals surface area (Å²) in [6.07, 6.45) is -0.146. The van der Waals surface area contributed by atoms with Gasteiger partial charge in [-0.15, -0.1) is 0 Å². The van der Waals surface area contributed by atoms with Crippen LogP contribution in [-0.2, 0) is 9.47 Å². The fourth-order valence-corrected chi connectivity index (χ4v) is 0.654. The molecule has 0 aliphatic rings. The first kappa shape index (κ1) is 11.2. The van der Waals surface area contributed by atoms with Gasteiger partial charge in [-0.3, -0.25) is 5.43 Å². The van der Waals surface area contributed by atoms with Gasteiger partial charge in [-0.05, 0) is 0 Å². The summed E-state index contributed by atoms with van der Waals surface area (Å²) >= 11 is 0. The Morgan fingerprint density at radius 2 is 2.25 bits per heavy atom. The third kappa shape index (κ3) is 4.89. The Bertz CT molecular complexity index is 131. The maximum absolute atomic E-state index is 10.6. The number of nitrogens with one attached hydrogen (secondary N) is 2. The largest absolute Gasteiger partial charge is 0.382 e. The standard InChI is InChI=1S/C6H15N3O3/c1-11-4-5(12-2)3-8-6(10)9-7/h5H,3-4,7H2,1-2H3,(H2,8,9,10). The van der Waals surface area contributed by atoms with Gasteiger partial charge in [0.05, 0.1) is 12.7 Å². The number of carbonyl (C=O) groups is 1. The van der Waals surface area contributed by atoms with E-state index in [0.717, 1.165) is 0 Å². The van der Waals surface area contributed by atoms with Crippen LogP contribution in [0.4, 0.5) is 4.79 Å². The number of methoxy groups -OCH3 is 2. The smallest absolute Gasteiger partial charge is 0.328 e. The minimum atomic E-state index is -0.437. The van der Waals surface area contributed by atoms with E-state index < -0.39 is 6.03 Å². The summed E-state index contributed by atoms with van der Waals surface area (Å²) in [5.74, 6) is 4.84. The van der Waals surface area contributed by atoms with Gasteiger partial charge in [0.1, 0.15) is 0 Å². The molecule has 6 heteroatoms. The fraction of sp³-hybridized carbons (Fsp3) is 0.833. The zero-order valence-corrected chi connectivity index (χ0v) is 7.29. The van der Waals surface area contributed by atoms with Crippen molar-refractivity contribution in [1.82, 2.24) is 10.7 Å². The highest BCUT2D eigenvalue weighted by Crippen LogP contribution is 1.87. The number of carbonyl (C=O) groups excluding carboxylic acids is 1. The average Bonchev–Trinajstić information content (AvgIpc) is 2.11. The molecule has 6 nitrogen and oxygen atoms in total. The molecule has 1 atom stereocenters. The SMILES string of the molecule is COCC(CNC(=O)NN)OC. The summed E-state index contributed by atoms with van der Waals surface area (Å²) < 4.78 is 9.81. The number of hydrogen-bond donors (Lipinski definition) is 3. The third-order valence-corrected chi connectivity index (χ3v) is 1.31. The van der Waals surface area contributed by atoms with E-state index in [4.69, 9.17) is 15.3 Å². The van der Waals surface area contributed by atoms with Crippen molar-refractivity contribution in [2.24, 2.45) is 5.84 Å². The second kappa shape index (κ2) is 6.84. The predicted molar refractivity (Wildman–Crippen MR) is 43.4 cm³/mol. The molecule has 0 rings (SSSR count). The summed E-state index contributed by atoms with van der Waals surface area (Å²) in [5, 5.41) is 2.49. The molecule has 0 aliphatic heterocycles. The first-order chi connectivity index (χ1) is 5.74. The van der Waals surface area contributed by atoms with E-state index in [0.29, 0.717) is 13.2 Å². The van der Waals surface area contributed by atoms with Crippen LogP contribution in [0.1, 0.15) is 0 Å². The topological polar surface area (TPSA) is 85.6 Å². The summed E-state index contributed by atoms with van der Waals surface area (Å²) in [7, 11) is 3.11. The summed E-state index contributed by atoms with van der Waals surface area (Å²) in [4.78, 5) is 10.6. The molecular formula is C6H15N3O3. The van der Waals surface area contributed by atoms with E-state index in [9.17, 15) is 4.79 Å². The molecule has 4 N–H and O–H groups in total. The van der Waals surface area contributed by atoms with Gasteiger partial charge in [0.25, 0.3) is 0 Å². The molecule has 2 amide bonds. The second-order valence-electron chi connectivity index (χ2n) is 2.17. The zero-order chi connectivity index (χ0) is 9.40. The Kier molecular flexibility index (Phi) is 6.35. The summed E-state index contributed by atoms with van der Waals surface area (Å²) in [6, 6.07) is -0.437. The van der Waals surface area contributed by atoms with Gasteiger partial charge < -0.3 is 14.8 Å². The Labute approximate surface area is 71.4 Å². The van der Waals surface area contributed by atoms with Crippen molar-refractivity contribution in [3.8, 4) is 0 Å². The second-order valence-corrected chi connectivity index (χ2v) is 2.17. The molecular weight excluding hydrogens is 162 g/mol. The molecule has 0 saturated carbocycles. The molecule has 0 aromatic rings. The first-order valence-electron chi connectivity index (χ1n) is 3.50. The number of amides is 2. The van der Waals surface area contributed by atoms with Crippen molar-refractivity contribution < 1.29 is 14.3 Å². The minimum Gasteiger partial charge on any atom is -0.382 e. The molecule has 1 unspecified atom stereocenters. The average molecular weight is 177 g/mol. The van der Waals surface area contributed by atoms with E-state index in [1.54, 1.807) is 14.2 Å². The molecule has 0 saturated heterocycles. The van der Waals surface area contributed by atoms with Gasteiger partial charge in [0.15, 0.2) is 0 Å². The van der Waals surface area contributed by atoms with Crippen molar-refractivity contribution in [2.45, 2.75) is 6.10 Å². The molecule has 0 radical (unpaired) electrons. The van der Waals surface area contributed by atoms with E-state index in [-0.39, 0.29) is 6.10 Å². The van der Waals surface area contributed by atoms with E-state index >= 15 is 0 Å². The molecule has 12 heavy (non-hydrogen) atoms. The van der Waals surface area contributed by atoms with Gasteiger partial charge in [-0.2, -0.15) is 0 Å². The number of ether oxygens (including phenoxy) is 2. The number of urea groups is 1. The van der Waals surface area contributed by atoms with Crippen LogP contribution < -0.4 is 16.6 Å². The lowest BCUT2D eigenvalue weighted by atomic mass is 10.4. The van der Waals surface area contributed by atoms with Crippen molar-refractivity contribution >= 4 is 6.03 Å². The highest BCUT2D eigenvalue weighted by atomic mass is 16.5. The molecule has 72 valence electrons. The summed E-state index contributed by atoms with van der Waals surface area (Å²) in [5.41, 5.74) is 1.94. The molecule has 0 bridgehead atoms. The Morgan fingerprint density at radius 3 is 2.67 bits per heavy atom. The van der Waals surface area contributed by atoms with Crippen LogP contribution >= 0.6 is 0 Å². The highest BCUT2D eigenvalue weighted by molar-refractivity contribution is 5.72. The molecule has 0 heterocycles.